The summed E-state index contributed by atoms with van der Waals surface area (Å²) in [5.41, 5.74) is -0.0478. The number of nitrogens with zero attached hydrogens (tertiary/aromatic N) is 3. The molecular weight excluding hydrogens is 389 g/mol. The van der Waals surface area contributed by atoms with E-state index in [1.807, 2.05) is 0 Å². The summed E-state index contributed by atoms with van der Waals surface area (Å²) in [5, 5.41) is 6.91. The number of nitrogens with one attached hydrogen (secondary N) is 1. The van der Waals surface area contributed by atoms with Crippen molar-refractivity contribution < 1.29 is 27.4 Å². The number of ether oxygens (including phenoxy) is 2. The van der Waals surface area contributed by atoms with Crippen LogP contribution in [-0.2, 0) is 6.18 Å². The molecule has 1 aliphatic heterocycles. The van der Waals surface area contributed by atoms with E-state index in [4.69, 9.17) is 9.47 Å². The van der Waals surface area contributed by atoms with E-state index in [1.54, 1.807) is 31.2 Å². The molecule has 4 rings (SSSR count). The molecule has 0 saturated heterocycles. The standard InChI is InChI=1S/C19H15F3N4O3/c1-11-9-16(26(25-11)15-6-5-12(10-23-15)19(20,21)22)24-18(27)13-3-2-4-14-17(13)29-8-7-28-14/h2-6,9-10H,7-8H2,1H3,(H,24,27). The van der Waals surface area contributed by atoms with E-state index >= 15 is 0 Å². The summed E-state index contributed by atoms with van der Waals surface area (Å²) in [7, 11) is 0. The summed E-state index contributed by atoms with van der Waals surface area (Å²) in [5.74, 6) is 0.732. The number of anilines is 1. The monoisotopic (exact) mass is 404 g/mol. The molecule has 0 aliphatic carbocycles. The second-order valence-corrected chi connectivity index (χ2v) is 6.27. The zero-order valence-corrected chi connectivity index (χ0v) is 15.2. The summed E-state index contributed by atoms with van der Waals surface area (Å²) in [6.45, 7) is 2.41. The first-order valence-corrected chi connectivity index (χ1v) is 8.63. The molecule has 29 heavy (non-hydrogen) atoms. The number of hydrogen-bond donors (Lipinski definition) is 1. The molecule has 1 amide bonds. The highest BCUT2D eigenvalue weighted by atomic mass is 19.4. The molecule has 0 spiro atoms. The van der Waals surface area contributed by atoms with Gasteiger partial charge in [0.25, 0.3) is 5.91 Å². The Kier molecular flexibility index (Phi) is 4.61. The van der Waals surface area contributed by atoms with Crippen molar-refractivity contribution in [3.05, 3.63) is 59.4 Å². The van der Waals surface area contributed by atoms with E-state index < -0.39 is 17.6 Å². The molecular formula is C19H15F3N4O3. The van der Waals surface area contributed by atoms with Crippen molar-refractivity contribution in [2.24, 2.45) is 0 Å². The van der Waals surface area contributed by atoms with Gasteiger partial charge in [-0.15, -0.1) is 0 Å². The number of halogens is 3. The average Bonchev–Trinajstić information content (AvgIpc) is 3.07. The van der Waals surface area contributed by atoms with Crippen LogP contribution < -0.4 is 14.8 Å². The van der Waals surface area contributed by atoms with Gasteiger partial charge in [0.15, 0.2) is 17.3 Å². The number of carbonyl (C=O) groups excluding carboxylic acids is 1. The first-order chi connectivity index (χ1) is 13.8. The number of rotatable bonds is 3. The summed E-state index contributed by atoms with van der Waals surface area (Å²) >= 11 is 0. The minimum Gasteiger partial charge on any atom is -0.486 e. The van der Waals surface area contributed by atoms with Crippen molar-refractivity contribution in [1.82, 2.24) is 14.8 Å². The van der Waals surface area contributed by atoms with E-state index in [1.165, 1.54) is 10.7 Å². The van der Waals surface area contributed by atoms with Gasteiger partial charge in [0.05, 0.1) is 16.8 Å². The lowest BCUT2D eigenvalue weighted by atomic mass is 10.1. The highest BCUT2D eigenvalue weighted by Crippen LogP contribution is 2.34. The van der Waals surface area contributed by atoms with E-state index in [0.29, 0.717) is 30.4 Å². The summed E-state index contributed by atoms with van der Waals surface area (Å²) in [4.78, 5) is 16.6. The molecule has 10 heteroatoms. The van der Waals surface area contributed by atoms with Gasteiger partial charge in [-0.3, -0.25) is 4.79 Å². The smallest absolute Gasteiger partial charge is 0.417 e. The van der Waals surface area contributed by atoms with Gasteiger partial charge in [0, 0.05) is 12.3 Å². The molecule has 3 heterocycles. The molecule has 150 valence electrons. The number of hydrogen-bond acceptors (Lipinski definition) is 5. The van der Waals surface area contributed by atoms with Crippen LogP contribution in [0.3, 0.4) is 0 Å². The van der Waals surface area contributed by atoms with Crippen LogP contribution in [0.4, 0.5) is 19.0 Å². The summed E-state index contributed by atoms with van der Waals surface area (Å²) < 4.78 is 50.6. The molecule has 0 atom stereocenters. The fraction of sp³-hybridized carbons (Fsp3) is 0.211. The molecule has 1 aliphatic rings. The van der Waals surface area contributed by atoms with E-state index in [-0.39, 0.29) is 17.2 Å². The Bertz CT molecular complexity index is 1060. The van der Waals surface area contributed by atoms with E-state index in [0.717, 1.165) is 12.3 Å². The Balaban J connectivity index is 1.63. The molecule has 3 aromatic rings. The van der Waals surface area contributed by atoms with Crippen LogP contribution in [-0.4, -0.2) is 33.9 Å². The van der Waals surface area contributed by atoms with E-state index in [2.05, 4.69) is 15.4 Å². The van der Waals surface area contributed by atoms with Crippen LogP contribution >= 0.6 is 0 Å². The van der Waals surface area contributed by atoms with Crippen molar-refractivity contribution in [1.29, 1.82) is 0 Å². The minimum absolute atomic E-state index is 0.135. The largest absolute Gasteiger partial charge is 0.486 e. The molecule has 7 nitrogen and oxygen atoms in total. The number of para-hydroxylation sites is 1. The lowest BCUT2D eigenvalue weighted by molar-refractivity contribution is -0.137. The molecule has 0 radical (unpaired) electrons. The molecule has 1 N–H and O–H groups in total. The van der Waals surface area contributed by atoms with Gasteiger partial charge in [-0.05, 0) is 31.2 Å². The summed E-state index contributed by atoms with van der Waals surface area (Å²) in [6, 6.07) is 8.64. The van der Waals surface area contributed by atoms with Gasteiger partial charge in [0.1, 0.15) is 19.0 Å². The predicted octanol–water partition coefficient (Wildman–Crippen LogP) is 3.62. The second-order valence-electron chi connectivity index (χ2n) is 6.27. The van der Waals surface area contributed by atoms with Crippen LogP contribution in [0.1, 0.15) is 21.6 Å². The molecule has 0 saturated carbocycles. The Morgan fingerprint density at radius 2 is 1.97 bits per heavy atom. The molecule has 0 unspecified atom stereocenters. The van der Waals surface area contributed by atoms with Crippen molar-refractivity contribution in [2.45, 2.75) is 13.1 Å². The number of amides is 1. The lowest BCUT2D eigenvalue weighted by Gasteiger charge is -2.20. The number of carbonyl (C=O) groups is 1. The lowest BCUT2D eigenvalue weighted by Crippen LogP contribution is -2.21. The number of alkyl halides is 3. The molecule has 0 fully saturated rings. The van der Waals surface area contributed by atoms with Gasteiger partial charge in [-0.25, -0.2) is 4.98 Å². The molecule has 2 aromatic heterocycles. The third-order valence-electron chi connectivity index (χ3n) is 4.18. The molecule has 0 bridgehead atoms. The highest BCUT2D eigenvalue weighted by Gasteiger charge is 2.31. The quantitative estimate of drug-likeness (QED) is 0.722. The van der Waals surface area contributed by atoms with Crippen molar-refractivity contribution >= 4 is 11.7 Å². The Labute approximate surface area is 163 Å². The Hall–Kier alpha value is -3.56. The van der Waals surface area contributed by atoms with Crippen molar-refractivity contribution in [2.75, 3.05) is 18.5 Å². The number of benzene rings is 1. The van der Waals surface area contributed by atoms with Gasteiger partial charge in [-0.2, -0.15) is 23.0 Å². The van der Waals surface area contributed by atoms with Gasteiger partial charge >= 0.3 is 6.18 Å². The van der Waals surface area contributed by atoms with Gasteiger partial charge in [-0.1, -0.05) is 6.07 Å². The third kappa shape index (κ3) is 3.73. The fourth-order valence-electron chi connectivity index (χ4n) is 2.88. The maximum Gasteiger partial charge on any atom is 0.417 e. The first kappa shape index (κ1) is 18.8. The normalized spacial score (nSPS) is 13.2. The first-order valence-electron chi connectivity index (χ1n) is 8.63. The molecule has 1 aromatic carbocycles. The maximum absolute atomic E-state index is 12.8. The SMILES string of the molecule is Cc1cc(NC(=O)c2cccc3c2OCCO3)n(-c2ccc(C(F)(F)F)cn2)n1. The fourth-order valence-corrected chi connectivity index (χ4v) is 2.88. The van der Waals surface area contributed by atoms with Crippen LogP contribution in [0.15, 0.2) is 42.6 Å². The van der Waals surface area contributed by atoms with Gasteiger partial charge < -0.3 is 14.8 Å². The zero-order valence-electron chi connectivity index (χ0n) is 15.2. The van der Waals surface area contributed by atoms with Crippen LogP contribution in [0, 0.1) is 6.92 Å². The summed E-state index contributed by atoms with van der Waals surface area (Å²) in [6.07, 6.45) is -3.77. The second kappa shape index (κ2) is 7.12. The van der Waals surface area contributed by atoms with Crippen molar-refractivity contribution in [3.63, 3.8) is 0 Å². The number of aryl methyl sites for hydroxylation is 1. The number of pyridine rings is 1. The Morgan fingerprint density at radius 1 is 1.17 bits per heavy atom. The predicted molar refractivity (Wildman–Crippen MR) is 96.5 cm³/mol. The van der Waals surface area contributed by atoms with Crippen LogP contribution in [0.25, 0.3) is 5.82 Å². The minimum atomic E-state index is -4.49. The highest BCUT2D eigenvalue weighted by molar-refractivity contribution is 6.06. The van der Waals surface area contributed by atoms with Crippen LogP contribution in [0.2, 0.25) is 0 Å². The number of aromatic nitrogens is 3. The van der Waals surface area contributed by atoms with E-state index in [9.17, 15) is 18.0 Å². The topological polar surface area (TPSA) is 78.3 Å². The average molecular weight is 404 g/mol. The zero-order chi connectivity index (χ0) is 20.6. The van der Waals surface area contributed by atoms with Crippen molar-refractivity contribution in [3.8, 4) is 17.3 Å². The third-order valence-corrected chi connectivity index (χ3v) is 4.18. The van der Waals surface area contributed by atoms with Gasteiger partial charge in [0.2, 0.25) is 0 Å². The van der Waals surface area contributed by atoms with Crippen LogP contribution in [0.5, 0.6) is 11.5 Å². The Morgan fingerprint density at radius 3 is 2.69 bits per heavy atom. The number of fused-ring (bicyclic) bond motifs is 1. The maximum atomic E-state index is 12.8.